The van der Waals surface area contributed by atoms with Crippen molar-refractivity contribution < 1.29 is 9.21 Å². The molecule has 0 aliphatic carbocycles. The topological polar surface area (TPSA) is 80.4 Å². The number of hydrogen-bond donors (Lipinski definition) is 1. The van der Waals surface area contributed by atoms with Crippen LogP contribution in [0.3, 0.4) is 0 Å². The average Bonchev–Trinajstić information content (AvgIpc) is 3.26. The molecule has 0 radical (unpaired) electrons. The standard InChI is InChI=1S/C21H16N4O2/c1-14(20-10-6-12-27-20)24-25-21(26)16-13-19(18-9-4-5-11-22-18)23-17-8-3-2-7-15(16)17/h2-13H,1H3,(H,25,26)/b24-14-. The van der Waals surface area contributed by atoms with E-state index in [0.717, 1.165) is 10.9 Å². The summed E-state index contributed by atoms with van der Waals surface area (Å²) in [5, 5.41) is 4.89. The minimum absolute atomic E-state index is 0.323. The maximum absolute atomic E-state index is 12.8. The van der Waals surface area contributed by atoms with E-state index in [2.05, 4.69) is 20.5 Å². The summed E-state index contributed by atoms with van der Waals surface area (Å²) < 4.78 is 5.28. The van der Waals surface area contributed by atoms with Crippen molar-refractivity contribution in [1.82, 2.24) is 15.4 Å². The predicted molar refractivity (Wildman–Crippen MR) is 103 cm³/mol. The fourth-order valence-corrected chi connectivity index (χ4v) is 2.74. The van der Waals surface area contributed by atoms with Gasteiger partial charge in [0.05, 0.1) is 28.7 Å². The lowest BCUT2D eigenvalue weighted by atomic mass is 10.1. The van der Waals surface area contributed by atoms with Crippen molar-refractivity contribution in [3.63, 3.8) is 0 Å². The summed E-state index contributed by atoms with van der Waals surface area (Å²) in [6.07, 6.45) is 3.26. The van der Waals surface area contributed by atoms with Crippen LogP contribution in [0.15, 0.2) is 82.6 Å². The highest BCUT2D eigenvalue weighted by atomic mass is 16.3. The molecule has 0 bridgehead atoms. The summed E-state index contributed by atoms with van der Waals surface area (Å²) in [4.78, 5) is 21.8. The monoisotopic (exact) mass is 356 g/mol. The molecule has 3 aromatic heterocycles. The number of benzene rings is 1. The van der Waals surface area contributed by atoms with Gasteiger partial charge in [-0.1, -0.05) is 24.3 Å². The fraction of sp³-hybridized carbons (Fsp3) is 0.0476. The number of carbonyl (C=O) groups is 1. The predicted octanol–water partition coefficient (Wildman–Crippen LogP) is 4.04. The van der Waals surface area contributed by atoms with Gasteiger partial charge in [0, 0.05) is 11.6 Å². The van der Waals surface area contributed by atoms with Crippen molar-refractivity contribution in [3.05, 3.63) is 84.4 Å². The van der Waals surface area contributed by atoms with Gasteiger partial charge in [-0.15, -0.1) is 0 Å². The lowest BCUT2D eigenvalue weighted by Gasteiger charge is -2.08. The number of rotatable bonds is 4. The van der Waals surface area contributed by atoms with E-state index >= 15 is 0 Å². The van der Waals surface area contributed by atoms with E-state index < -0.39 is 0 Å². The second-order valence-corrected chi connectivity index (χ2v) is 5.90. The summed E-state index contributed by atoms with van der Waals surface area (Å²) in [5.41, 5.74) is 5.71. The normalized spacial score (nSPS) is 11.5. The fourth-order valence-electron chi connectivity index (χ4n) is 2.74. The number of nitrogens with one attached hydrogen (secondary N) is 1. The van der Waals surface area contributed by atoms with Gasteiger partial charge in [0.25, 0.3) is 5.91 Å². The molecular weight excluding hydrogens is 340 g/mol. The zero-order valence-electron chi connectivity index (χ0n) is 14.6. The van der Waals surface area contributed by atoms with E-state index in [9.17, 15) is 4.79 Å². The molecule has 0 atom stereocenters. The third-order valence-corrected chi connectivity index (χ3v) is 4.09. The van der Waals surface area contributed by atoms with Crippen molar-refractivity contribution in [3.8, 4) is 11.4 Å². The zero-order valence-corrected chi connectivity index (χ0v) is 14.6. The zero-order chi connectivity index (χ0) is 18.6. The Morgan fingerprint density at radius 1 is 1.04 bits per heavy atom. The molecule has 27 heavy (non-hydrogen) atoms. The number of aromatic nitrogens is 2. The second-order valence-electron chi connectivity index (χ2n) is 5.90. The van der Waals surface area contributed by atoms with Gasteiger partial charge < -0.3 is 4.42 Å². The molecule has 6 nitrogen and oxygen atoms in total. The van der Waals surface area contributed by atoms with Crippen LogP contribution < -0.4 is 5.43 Å². The number of hydrogen-bond acceptors (Lipinski definition) is 5. The van der Waals surface area contributed by atoms with Crippen molar-refractivity contribution in [1.29, 1.82) is 0 Å². The van der Waals surface area contributed by atoms with Gasteiger partial charge in [0.1, 0.15) is 11.5 Å². The number of para-hydroxylation sites is 1. The van der Waals surface area contributed by atoms with Crippen LogP contribution in [-0.4, -0.2) is 21.6 Å². The Hall–Kier alpha value is -3.80. The van der Waals surface area contributed by atoms with Crippen LogP contribution in [0.1, 0.15) is 23.0 Å². The van der Waals surface area contributed by atoms with Crippen LogP contribution >= 0.6 is 0 Å². The second kappa shape index (κ2) is 7.21. The first-order valence-corrected chi connectivity index (χ1v) is 8.42. The first-order valence-electron chi connectivity index (χ1n) is 8.42. The summed E-state index contributed by atoms with van der Waals surface area (Å²) in [5.74, 6) is 0.278. The molecule has 132 valence electrons. The van der Waals surface area contributed by atoms with Crippen LogP contribution in [0.25, 0.3) is 22.3 Å². The Kier molecular flexibility index (Phi) is 4.45. The minimum Gasteiger partial charge on any atom is -0.463 e. The molecule has 3 heterocycles. The number of hydrazone groups is 1. The van der Waals surface area contributed by atoms with E-state index in [1.54, 1.807) is 37.6 Å². The lowest BCUT2D eigenvalue weighted by Crippen LogP contribution is -2.20. The van der Waals surface area contributed by atoms with Crippen molar-refractivity contribution in [2.75, 3.05) is 0 Å². The molecule has 4 rings (SSSR count). The summed E-state index contributed by atoms with van der Waals surface area (Å²) in [6, 6.07) is 18.4. The third-order valence-electron chi connectivity index (χ3n) is 4.09. The van der Waals surface area contributed by atoms with Gasteiger partial charge in [-0.2, -0.15) is 5.10 Å². The first-order chi connectivity index (χ1) is 13.2. The molecule has 0 unspecified atom stereocenters. The highest BCUT2D eigenvalue weighted by Crippen LogP contribution is 2.23. The molecule has 6 heteroatoms. The van der Waals surface area contributed by atoms with Crippen molar-refractivity contribution in [2.24, 2.45) is 5.10 Å². The highest BCUT2D eigenvalue weighted by Gasteiger charge is 2.14. The maximum atomic E-state index is 12.8. The molecule has 0 aliphatic heterocycles. The molecule has 1 N–H and O–H groups in total. The van der Waals surface area contributed by atoms with Gasteiger partial charge in [-0.05, 0) is 43.3 Å². The molecule has 4 aromatic rings. The Morgan fingerprint density at radius 3 is 2.67 bits per heavy atom. The van der Waals surface area contributed by atoms with Gasteiger partial charge in [-0.3, -0.25) is 9.78 Å². The van der Waals surface area contributed by atoms with Crippen molar-refractivity contribution in [2.45, 2.75) is 6.92 Å². The number of furan rings is 1. The van der Waals surface area contributed by atoms with Crippen LogP contribution in [-0.2, 0) is 0 Å². The van der Waals surface area contributed by atoms with Crippen molar-refractivity contribution >= 4 is 22.5 Å². The molecule has 1 amide bonds. The van der Waals surface area contributed by atoms with Gasteiger partial charge in [0.15, 0.2) is 0 Å². The minimum atomic E-state index is -0.323. The molecule has 0 aliphatic rings. The Labute approximate surface area is 155 Å². The number of pyridine rings is 2. The SMILES string of the molecule is C/C(=N/NC(=O)c1cc(-c2ccccn2)nc2ccccc12)c1ccco1. The lowest BCUT2D eigenvalue weighted by molar-refractivity contribution is 0.0956. The largest absolute Gasteiger partial charge is 0.463 e. The Balaban J connectivity index is 1.73. The molecule has 0 saturated heterocycles. The van der Waals surface area contributed by atoms with Crippen LogP contribution in [0, 0.1) is 0 Å². The molecule has 1 aromatic carbocycles. The van der Waals surface area contributed by atoms with E-state index in [1.807, 2.05) is 42.5 Å². The number of fused-ring (bicyclic) bond motifs is 1. The van der Waals surface area contributed by atoms with Gasteiger partial charge in [0.2, 0.25) is 0 Å². The Morgan fingerprint density at radius 2 is 1.89 bits per heavy atom. The first kappa shape index (κ1) is 16.7. The van der Waals surface area contributed by atoms with E-state index in [0.29, 0.717) is 28.4 Å². The van der Waals surface area contributed by atoms with Crippen LogP contribution in [0.4, 0.5) is 0 Å². The van der Waals surface area contributed by atoms with E-state index in [4.69, 9.17) is 4.42 Å². The molecule has 0 fully saturated rings. The summed E-state index contributed by atoms with van der Waals surface area (Å²) in [6.45, 7) is 1.77. The maximum Gasteiger partial charge on any atom is 0.272 e. The van der Waals surface area contributed by atoms with Gasteiger partial charge in [-0.25, -0.2) is 10.4 Å². The highest BCUT2D eigenvalue weighted by molar-refractivity contribution is 6.07. The van der Waals surface area contributed by atoms with Crippen LogP contribution in [0.5, 0.6) is 0 Å². The van der Waals surface area contributed by atoms with E-state index in [1.165, 1.54) is 0 Å². The number of nitrogens with zero attached hydrogens (tertiary/aromatic N) is 3. The number of amides is 1. The number of carbonyl (C=O) groups excluding carboxylic acids is 1. The van der Waals surface area contributed by atoms with E-state index in [-0.39, 0.29) is 5.91 Å². The third kappa shape index (κ3) is 3.46. The Bertz CT molecular complexity index is 1120. The summed E-state index contributed by atoms with van der Waals surface area (Å²) in [7, 11) is 0. The van der Waals surface area contributed by atoms with Crippen LogP contribution in [0.2, 0.25) is 0 Å². The van der Waals surface area contributed by atoms with Gasteiger partial charge >= 0.3 is 0 Å². The molecular formula is C21H16N4O2. The summed E-state index contributed by atoms with van der Waals surface area (Å²) >= 11 is 0. The molecule has 0 spiro atoms. The molecule has 0 saturated carbocycles. The average molecular weight is 356 g/mol. The smallest absolute Gasteiger partial charge is 0.272 e. The quantitative estimate of drug-likeness (QED) is 0.442.